The molecule has 2 rings (SSSR count). The van der Waals surface area contributed by atoms with Gasteiger partial charge in [0.2, 0.25) is 10.0 Å². The molecule has 0 unspecified atom stereocenters. The van der Waals surface area contributed by atoms with Crippen molar-refractivity contribution in [1.82, 2.24) is 9.62 Å². The maximum atomic E-state index is 12.1. The molecule has 0 bridgehead atoms. The Hall–Kier alpha value is -0.910. The molecule has 4 nitrogen and oxygen atoms in total. The molecule has 0 radical (unpaired) electrons. The summed E-state index contributed by atoms with van der Waals surface area (Å²) in [7, 11) is -1.67. The molecule has 15 heavy (non-hydrogen) atoms. The van der Waals surface area contributed by atoms with Crippen LogP contribution in [0.2, 0.25) is 0 Å². The van der Waals surface area contributed by atoms with Crippen molar-refractivity contribution in [3.8, 4) is 0 Å². The molecule has 1 aromatic rings. The summed E-state index contributed by atoms with van der Waals surface area (Å²) in [6.45, 7) is 1.48. The summed E-state index contributed by atoms with van der Waals surface area (Å²) in [4.78, 5) is 0.361. The van der Waals surface area contributed by atoms with E-state index in [-0.39, 0.29) is 6.04 Å². The van der Waals surface area contributed by atoms with Crippen LogP contribution in [-0.2, 0) is 10.0 Å². The Labute approximate surface area is 90.0 Å². The zero-order valence-corrected chi connectivity index (χ0v) is 9.37. The van der Waals surface area contributed by atoms with Gasteiger partial charge in [-0.3, -0.25) is 0 Å². The van der Waals surface area contributed by atoms with Crippen molar-refractivity contribution in [2.24, 2.45) is 0 Å². The highest BCUT2D eigenvalue weighted by Gasteiger charge is 2.31. The van der Waals surface area contributed by atoms with Gasteiger partial charge in [-0.15, -0.1) is 0 Å². The predicted octanol–water partition coefficient (Wildman–Crippen LogP) is 0.279. The van der Waals surface area contributed by atoms with E-state index in [1.54, 1.807) is 31.3 Å². The van der Waals surface area contributed by atoms with Crippen molar-refractivity contribution in [2.75, 3.05) is 20.1 Å². The van der Waals surface area contributed by atoms with Gasteiger partial charge in [0.05, 0.1) is 4.90 Å². The SMILES string of the molecule is CN(C1CNC1)S(=O)(=O)c1ccccc1. The third kappa shape index (κ3) is 1.90. The number of nitrogens with one attached hydrogen (secondary N) is 1. The van der Waals surface area contributed by atoms with Crippen molar-refractivity contribution >= 4 is 10.0 Å². The van der Waals surface area contributed by atoms with Crippen LogP contribution in [0.5, 0.6) is 0 Å². The van der Waals surface area contributed by atoms with Crippen molar-refractivity contribution in [2.45, 2.75) is 10.9 Å². The summed E-state index contributed by atoms with van der Waals surface area (Å²) < 4.78 is 25.6. The molecule has 0 aromatic heterocycles. The molecule has 1 aliphatic rings. The molecule has 0 spiro atoms. The van der Waals surface area contributed by atoms with Gasteiger partial charge in [-0.25, -0.2) is 8.42 Å². The zero-order chi connectivity index (χ0) is 10.9. The molecule has 1 heterocycles. The first-order chi connectivity index (χ1) is 7.12. The van der Waals surface area contributed by atoms with Crippen LogP contribution in [0.3, 0.4) is 0 Å². The van der Waals surface area contributed by atoms with Gasteiger partial charge in [-0.05, 0) is 12.1 Å². The van der Waals surface area contributed by atoms with Crippen LogP contribution in [0.1, 0.15) is 0 Å². The summed E-state index contributed by atoms with van der Waals surface area (Å²) in [5.41, 5.74) is 0. The topological polar surface area (TPSA) is 49.4 Å². The Kier molecular flexibility index (Phi) is 2.77. The van der Waals surface area contributed by atoms with E-state index in [1.165, 1.54) is 4.31 Å². The highest BCUT2D eigenvalue weighted by molar-refractivity contribution is 7.89. The molecular formula is C10H14N2O2S. The number of nitrogens with zero attached hydrogens (tertiary/aromatic N) is 1. The largest absolute Gasteiger partial charge is 0.313 e. The lowest BCUT2D eigenvalue weighted by atomic mass is 10.2. The Balaban J connectivity index is 2.26. The second-order valence-electron chi connectivity index (χ2n) is 3.65. The Morgan fingerprint density at radius 1 is 1.27 bits per heavy atom. The van der Waals surface area contributed by atoms with Crippen LogP contribution in [0.15, 0.2) is 35.2 Å². The van der Waals surface area contributed by atoms with E-state index in [0.29, 0.717) is 4.90 Å². The fraction of sp³-hybridized carbons (Fsp3) is 0.400. The smallest absolute Gasteiger partial charge is 0.243 e. The molecule has 0 atom stereocenters. The molecule has 1 N–H and O–H groups in total. The highest BCUT2D eigenvalue weighted by Crippen LogP contribution is 2.17. The Bertz CT molecular complexity index is 426. The number of hydrogen-bond acceptors (Lipinski definition) is 3. The van der Waals surface area contributed by atoms with E-state index >= 15 is 0 Å². The minimum Gasteiger partial charge on any atom is -0.313 e. The quantitative estimate of drug-likeness (QED) is 0.805. The molecule has 0 amide bonds. The van der Waals surface area contributed by atoms with Crippen LogP contribution >= 0.6 is 0 Å². The predicted molar refractivity (Wildman–Crippen MR) is 58.0 cm³/mol. The summed E-state index contributed by atoms with van der Waals surface area (Å²) >= 11 is 0. The van der Waals surface area contributed by atoms with E-state index < -0.39 is 10.0 Å². The van der Waals surface area contributed by atoms with Crippen LogP contribution in [0, 0.1) is 0 Å². The van der Waals surface area contributed by atoms with E-state index in [1.807, 2.05) is 6.07 Å². The number of hydrogen-bond donors (Lipinski definition) is 1. The van der Waals surface area contributed by atoms with Crippen molar-refractivity contribution in [1.29, 1.82) is 0 Å². The van der Waals surface area contributed by atoms with E-state index in [2.05, 4.69) is 5.32 Å². The second-order valence-corrected chi connectivity index (χ2v) is 5.64. The van der Waals surface area contributed by atoms with Gasteiger partial charge in [-0.1, -0.05) is 18.2 Å². The monoisotopic (exact) mass is 226 g/mol. The molecule has 0 aliphatic carbocycles. The number of sulfonamides is 1. The lowest BCUT2D eigenvalue weighted by Crippen LogP contribution is -2.57. The molecule has 1 aromatic carbocycles. The highest BCUT2D eigenvalue weighted by atomic mass is 32.2. The van der Waals surface area contributed by atoms with Gasteiger partial charge < -0.3 is 5.32 Å². The number of likely N-dealkylation sites (N-methyl/N-ethyl adjacent to an activating group) is 1. The molecule has 5 heteroatoms. The Morgan fingerprint density at radius 3 is 2.33 bits per heavy atom. The number of benzene rings is 1. The molecule has 1 fully saturated rings. The van der Waals surface area contributed by atoms with Crippen LogP contribution < -0.4 is 5.32 Å². The van der Waals surface area contributed by atoms with Crippen molar-refractivity contribution in [3.63, 3.8) is 0 Å². The fourth-order valence-corrected chi connectivity index (χ4v) is 2.86. The van der Waals surface area contributed by atoms with Crippen LogP contribution in [-0.4, -0.2) is 38.9 Å². The van der Waals surface area contributed by atoms with Gasteiger partial charge in [0.25, 0.3) is 0 Å². The maximum Gasteiger partial charge on any atom is 0.243 e. The summed E-state index contributed by atoms with van der Waals surface area (Å²) in [5.74, 6) is 0. The minimum absolute atomic E-state index is 0.0928. The Morgan fingerprint density at radius 2 is 1.87 bits per heavy atom. The lowest BCUT2D eigenvalue weighted by Gasteiger charge is -2.34. The first-order valence-corrected chi connectivity index (χ1v) is 6.30. The van der Waals surface area contributed by atoms with Crippen molar-refractivity contribution in [3.05, 3.63) is 30.3 Å². The molecular weight excluding hydrogens is 212 g/mol. The first kappa shape index (κ1) is 10.6. The van der Waals surface area contributed by atoms with Gasteiger partial charge in [0.15, 0.2) is 0 Å². The first-order valence-electron chi connectivity index (χ1n) is 4.86. The van der Waals surface area contributed by atoms with Gasteiger partial charge in [0.1, 0.15) is 0 Å². The lowest BCUT2D eigenvalue weighted by molar-refractivity contribution is 0.274. The van der Waals surface area contributed by atoms with E-state index in [0.717, 1.165) is 13.1 Å². The normalized spacial score (nSPS) is 17.7. The van der Waals surface area contributed by atoms with E-state index in [4.69, 9.17) is 0 Å². The van der Waals surface area contributed by atoms with E-state index in [9.17, 15) is 8.42 Å². The molecule has 82 valence electrons. The van der Waals surface area contributed by atoms with Crippen LogP contribution in [0.25, 0.3) is 0 Å². The summed E-state index contributed by atoms with van der Waals surface area (Å²) in [6, 6.07) is 8.62. The van der Waals surface area contributed by atoms with Crippen molar-refractivity contribution < 1.29 is 8.42 Å². The van der Waals surface area contributed by atoms with Gasteiger partial charge in [0, 0.05) is 26.2 Å². The van der Waals surface area contributed by atoms with Gasteiger partial charge >= 0.3 is 0 Å². The average molecular weight is 226 g/mol. The van der Waals surface area contributed by atoms with Crippen LogP contribution in [0.4, 0.5) is 0 Å². The average Bonchev–Trinajstić information content (AvgIpc) is 2.16. The number of rotatable bonds is 3. The second kappa shape index (κ2) is 3.92. The van der Waals surface area contributed by atoms with Gasteiger partial charge in [-0.2, -0.15) is 4.31 Å². The minimum atomic E-state index is -3.31. The summed E-state index contributed by atoms with van der Waals surface area (Å²) in [5, 5.41) is 3.06. The zero-order valence-electron chi connectivity index (χ0n) is 8.55. The fourth-order valence-electron chi connectivity index (χ4n) is 1.49. The summed E-state index contributed by atoms with van der Waals surface area (Å²) in [6.07, 6.45) is 0. The molecule has 1 saturated heterocycles. The maximum absolute atomic E-state index is 12.1. The molecule has 0 saturated carbocycles. The molecule has 1 aliphatic heterocycles. The standard InChI is InChI=1S/C10H14N2O2S/c1-12(9-7-11-8-9)15(13,14)10-5-3-2-4-6-10/h2-6,9,11H,7-8H2,1H3. The third-order valence-electron chi connectivity index (χ3n) is 2.69. The third-order valence-corrected chi connectivity index (χ3v) is 4.62.